The minimum absolute atomic E-state index is 0.0214. The molecule has 0 bridgehead atoms. The standard InChI is InChI=1S/C51H78N8O10S/c1-10-33(8)42(52)48(64)53-36(23-25-70(9)69)44(60)54-38(27-31(4)5)46(62)58-43(32(6)7)49(65)56-39(28-34-18-13-11-14-19-34)50(66)59-24-17-22-41(59)47(63)55-37(26-30(2)3)45(61)57-40(51(67)68)29-35-20-15-12-16-21-35/h11-16,18-21,30-33,36-43H,10,17,22-29,52H2,1-9H3,(H,53,64)(H,54,60)(H,55,63)(H,56,65)(H,57,61)(H,58,62)(H,67,68)/t33-,36-,37-,38-,39-,40-,41-,42-,43-,70?/m0/s1. The molecule has 1 aliphatic rings. The van der Waals surface area contributed by atoms with Crippen LogP contribution in [0.15, 0.2) is 60.7 Å². The Hall–Kier alpha value is -5.69. The number of hydrogen-bond donors (Lipinski definition) is 8. The van der Waals surface area contributed by atoms with E-state index in [-0.39, 0.29) is 68.6 Å². The van der Waals surface area contributed by atoms with E-state index in [0.717, 1.165) is 0 Å². The number of rotatable bonds is 28. The summed E-state index contributed by atoms with van der Waals surface area (Å²) in [6.07, 6.45) is 3.27. The maximum absolute atomic E-state index is 14.7. The van der Waals surface area contributed by atoms with Crippen molar-refractivity contribution in [3.63, 3.8) is 0 Å². The van der Waals surface area contributed by atoms with Crippen LogP contribution in [0.4, 0.5) is 0 Å². The van der Waals surface area contributed by atoms with E-state index < -0.39 is 112 Å². The first-order valence-electron chi connectivity index (χ1n) is 24.5. The molecule has 10 atom stereocenters. The predicted molar refractivity (Wildman–Crippen MR) is 269 cm³/mol. The summed E-state index contributed by atoms with van der Waals surface area (Å²) in [7, 11) is -1.29. The second-order valence-electron chi connectivity index (χ2n) is 19.7. The molecule has 19 heteroatoms. The van der Waals surface area contributed by atoms with Gasteiger partial charge in [0, 0.05) is 42.2 Å². The summed E-state index contributed by atoms with van der Waals surface area (Å²) in [4.78, 5) is 112. The number of nitrogens with zero attached hydrogens (tertiary/aromatic N) is 1. The van der Waals surface area contributed by atoms with Crippen molar-refractivity contribution in [3.8, 4) is 0 Å². The maximum Gasteiger partial charge on any atom is 0.326 e. The van der Waals surface area contributed by atoms with E-state index >= 15 is 0 Å². The number of carboxylic acids is 1. The average Bonchev–Trinajstić information content (AvgIpc) is 3.81. The van der Waals surface area contributed by atoms with Crippen LogP contribution in [0.1, 0.15) is 105 Å². The Bertz CT molecular complexity index is 2090. The summed E-state index contributed by atoms with van der Waals surface area (Å²) in [5.41, 5.74) is 7.57. The molecule has 2 aromatic rings. The molecule has 70 heavy (non-hydrogen) atoms. The quantitative estimate of drug-likeness (QED) is 0.0613. The molecule has 1 aliphatic heterocycles. The zero-order valence-corrected chi connectivity index (χ0v) is 43.1. The van der Waals surface area contributed by atoms with Gasteiger partial charge in [0.15, 0.2) is 0 Å². The van der Waals surface area contributed by atoms with Crippen molar-refractivity contribution < 1.29 is 47.7 Å². The molecule has 388 valence electrons. The van der Waals surface area contributed by atoms with Gasteiger partial charge < -0.3 is 47.6 Å². The lowest BCUT2D eigenvalue weighted by atomic mass is 9.98. The third-order valence-electron chi connectivity index (χ3n) is 12.4. The van der Waals surface area contributed by atoms with Crippen LogP contribution in [0.5, 0.6) is 0 Å². The summed E-state index contributed by atoms with van der Waals surface area (Å²) >= 11 is 0. The number of amides is 7. The number of nitrogens with two attached hydrogens (primary N) is 1. The van der Waals surface area contributed by atoms with E-state index in [1.54, 1.807) is 68.4 Å². The molecule has 1 fully saturated rings. The highest BCUT2D eigenvalue weighted by Crippen LogP contribution is 2.21. The van der Waals surface area contributed by atoms with Crippen molar-refractivity contribution in [1.82, 2.24) is 36.8 Å². The fraction of sp³-hybridized carbons (Fsp3) is 0.608. The minimum Gasteiger partial charge on any atom is -0.480 e. The first kappa shape index (κ1) is 58.6. The molecule has 1 heterocycles. The number of hydrogen-bond acceptors (Lipinski definition) is 10. The van der Waals surface area contributed by atoms with Crippen molar-refractivity contribution >= 4 is 58.1 Å². The molecule has 0 aromatic heterocycles. The fourth-order valence-corrected chi connectivity index (χ4v) is 8.77. The van der Waals surface area contributed by atoms with Gasteiger partial charge in [0.1, 0.15) is 42.3 Å². The molecule has 9 N–H and O–H groups in total. The molecular weight excluding hydrogens is 917 g/mol. The zero-order valence-electron chi connectivity index (χ0n) is 42.3. The van der Waals surface area contributed by atoms with E-state index in [4.69, 9.17) is 5.73 Å². The summed E-state index contributed by atoms with van der Waals surface area (Å²) in [6, 6.07) is 8.86. The van der Waals surface area contributed by atoms with Gasteiger partial charge >= 0.3 is 5.97 Å². The molecule has 18 nitrogen and oxygen atoms in total. The molecular formula is C51H78N8O10S. The lowest BCUT2D eigenvalue weighted by Crippen LogP contribution is -2.61. The van der Waals surface area contributed by atoms with Crippen molar-refractivity contribution in [3.05, 3.63) is 71.8 Å². The smallest absolute Gasteiger partial charge is 0.326 e. The number of nitrogens with one attached hydrogen (secondary N) is 6. The molecule has 0 saturated carbocycles. The first-order chi connectivity index (χ1) is 33.0. The molecule has 1 unspecified atom stereocenters. The van der Waals surface area contributed by atoms with Crippen LogP contribution in [0, 0.1) is 23.7 Å². The molecule has 7 amide bonds. The normalized spacial score (nSPS) is 17.5. The van der Waals surface area contributed by atoms with Gasteiger partial charge in [-0.1, -0.05) is 122 Å². The van der Waals surface area contributed by atoms with Gasteiger partial charge in [-0.15, -0.1) is 0 Å². The lowest BCUT2D eigenvalue weighted by molar-refractivity contribution is -0.143. The Kier molecular flexibility index (Phi) is 24.2. The van der Waals surface area contributed by atoms with Crippen molar-refractivity contribution in [2.75, 3.05) is 18.6 Å². The fourth-order valence-electron chi connectivity index (χ4n) is 8.20. The third-order valence-corrected chi connectivity index (χ3v) is 13.3. The van der Waals surface area contributed by atoms with Crippen LogP contribution < -0.4 is 37.6 Å². The molecule has 1 saturated heterocycles. The number of carboxylic acid groups (broad SMARTS) is 1. The number of likely N-dealkylation sites (tertiary alicyclic amines) is 1. The summed E-state index contributed by atoms with van der Waals surface area (Å²) in [6.45, 7) is 14.8. The SMILES string of the molecule is CC[C@H](C)[C@H](N)C(=O)N[C@@H](CCS(C)=O)C(=O)N[C@@H](CC(C)C)C(=O)N[C@H](C(=O)N[C@@H](Cc1ccccc1)C(=O)N1CCC[C@H]1C(=O)N[C@@H](CC(C)C)C(=O)N[C@@H](Cc1ccccc1)C(=O)O)C(C)C. The Labute approximate surface area is 416 Å². The third kappa shape index (κ3) is 18.9. The monoisotopic (exact) mass is 995 g/mol. The maximum atomic E-state index is 14.7. The second-order valence-corrected chi connectivity index (χ2v) is 21.2. The average molecular weight is 995 g/mol. The number of benzene rings is 2. The summed E-state index contributed by atoms with van der Waals surface area (Å²) in [5.74, 6) is -6.41. The number of carbonyl (C=O) groups is 8. The molecule has 3 rings (SSSR count). The van der Waals surface area contributed by atoms with Gasteiger partial charge in [-0.3, -0.25) is 37.8 Å². The van der Waals surface area contributed by atoms with E-state index in [9.17, 15) is 47.7 Å². The van der Waals surface area contributed by atoms with Crippen LogP contribution in [-0.2, 0) is 62.0 Å². The molecule has 2 aromatic carbocycles. The van der Waals surface area contributed by atoms with Crippen molar-refractivity contribution in [1.29, 1.82) is 0 Å². The van der Waals surface area contributed by atoms with Crippen LogP contribution in [0.2, 0.25) is 0 Å². The summed E-state index contributed by atoms with van der Waals surface area (Å²) < 4.78 is 12.1. The highest BCUT2D eigenvalue weighted by atomic mass is 32.2. The van der Waals surface area contributed by atoms with E-state index in [0.29, 0.717) is 24.0 Å². The van der Waals surface area contributed by atoms with Gasteiger partial charge in [-0.05, 0) is 66.9 Å². The Morgan fingerprint density at radius 1 is 0.657 bits per heavy atom. The molecule has 0 radical (unpaired) electrons. The second kappa shape index (κ2) is 28.8. The van der Waals surface area contributed by atoms with Gasteiger partial charge in [-0.25, -0.2) is 4.79 Å². The minimum atomic E-state index is -1.29. The van der Waals surface area contributed by atoms with Crippen LogP contribution in [-0.4, -0.2) is 128 Å². The van der Waals surface area contributed by atoms with E-state index in [1.165, 1.54) is 11.2 Å². The highest BCUT2D eigenvalue weighted by molar-refractivity contribution is 7.84. The predicted octanol–water partition coefficient (Wildman–Crippen LogP) is 2.35. The molecule has 0 spiro atoms. The van der Waals surface area contributed by atoms with Gasteiger partial charge in [0.2, 0.25) is 41.4 Å². The van der Waals surface area contributed by atoms with E-state index in [1.807, 2.05) is 47.6 Å². The number of carbonyl (C=O) groups excluding carboxylic acids is 7. The first-order valence-corrected chi connectivity index (χ1v) is 26.2. The van der Waals surface area contributed by atoms with Gasteiger partial charge in [0.05, 0.1) is 6.04 Å². The van der Waals surface area contributed by atoms with Gasteiger partial charge in [0.25, 0.3) is 0 Å². The Balaban J connectivity index is 1.86. The van der Waals surface area contributed by atoms with Crippen LogP contribution in [0.3, 0.4) is 0 Å². The Morgan fingerprint density at radius 2 is 1.13 bits per heavy atom. The lowest BCUT2D eigenvalue weighted by Gasteiger charge is -2.32. The van der Waals surface area contributed by atoms with Crippen molar-refractivity contribution in [2.24, 2.45) is 29.4 Å². The van der Waals surface area contributed by atoms with Crippen LogP contribution in [0.25, 0.3) is 0 Å². The van der Waals surface area contributed by atoms with Gasteiger partial charge in [-0.2, -0.15) is 0 Å². The largest absolute Gasteiger partial charge is 0.480 e. The summed E-state index contributed by atoms with van der Waals surface area (Å²) in [5, 5.41) is 26.5. The van der Waals surface area contributed by atoms with E-state index in [2.05, 4.69) is 31.9 Å². The highest BCUT2D eigenvalue weighted by Gasteiger charge is 2.41. The molecule has 0 aliphatic carbocycles. The Morgan fingerprint density at radius 3 is 1.63 bits per heavy atom. The van der Waals surface area contributed by atoms with Crippen molar-refractivity contribution in [2.45, 2.75) is 155 Å². The topological polar surface area (TPSA) is 275 Å². The van der Waals surface area contributed by atoms with Crippen LogP contribution >= 0.6 is 0 Å². The number of aliphatic carboxylic acids is 1. The zero-order chi connectivity index (χ0) is 52.2.